The predicted octanol–water partition coefficient (Wildman–Crippen LogP) is 3.01. The van der Waals surface area contributed by atoms with Crippen LogP contribution in [-0.2, 0) is 14.8 Å². The van der Waals surface area contributed by atoms with Gasteiger partial charge in [-0.05, 0) is 55.2 Å². The van der Waals surface area contributed by atoms with Crippen molar-refractivity contribution >= 4 is 21.6 Å². The lowest BCUT2D eigenvalue weighted by molar-refractivity contribution is 0.0582. The van der Waals surface area contributed by atoms with Gasteiger partial charge in [-0.25, -0.2) is 8.42 Å². The van der Waals surface area contributed by atoms with Crippen LogP contribution >= 0.6 is 0 Å². The molecule has 158 valence electrons. The van der Waals surface area contributed by atoms with Gasteiger partial charge in [0.1, 0.15) is 6.61 Å². The van der Waals surface area contributed by atoms with Crippen LogP contribution in [0.5, 0.6) is 0 Å². The number of anilines is 1. The van der Waals surface area contributed by atoms with Crippen molar-refractivity contribution in [1.82, 2.24) is 4.90 Å². The highest BCUT2D eigenvalue weighted by molar-refractivity contribution is 7.92. The van der Waals surface area contributed by atoms with Crippen molar-refractivity contribution in [2.24, 2.45) is 5.92 Å². The Morgan fingerprint density at radius 2 is 1.77 bits per heavy atom. The summed E-state index contributed by atoms with van der Waals surface area (Å²) in [4.78, 5) is 14.7. The summed E-state index contributed by atoms with van der Waals surface area (Å²) in [6.07, 6.45) is 6.92. The van der Waals surface area contributed by atoms with Crippen LogP contribution in [0.2, 0.25) is 0 Å². The van der Waals surface area contributed by atoms with Crippen molar-refractivity contribution in [3.63, 3.8) is 0 Å². The minimum atomic E-state index is -3.70. The number of para-hydroxylation sites is 1. The quantitative estimate of drug-likeness (QED) is 0.504. The maximum Gasteiger partial charge on any atom is 0.264 e. The number of likely N-dealkylation sites (tertiary alicyclic amines) is 1. The number of carbonyl (C=O) groups is 1. The number of sulfonamides is 1. The minimum absolute atomic E-state index is 0.0849. The summed E-state index contributed by atoms with van der Waals surface area (Å²) >= 11 is 0. The topological polar surface area (TPSA) is 66.9 Å². The number of benzene rings is 2. The number of ether oxygens (including phenoxy) is 1. The highest BCUT2D eigenvalue weighted by Gasteiger charge is 2.25. The minimum Gasteiger partial charge on any atom is -0.369 e. The molecule has 1 amide bonds. The Labute approximate surface area is 178 Å². The van der Waals surface area contributed by atoms with Crippen molar-refractivity contribution in [3.8, 4) is 12.3 Å². The van der Waals surface area contributed by atoms with E-state index in [4.69, 9.17) is 11.2 Å². The second kappa shape index (κ2) is 9.79. The van der Waals surface area contributed by atoms with E-state index in [-0.39, 0.29) is 10.8 Å². The molecular formula is C23H26N2O4S. The number of terminal acetylenes is 1. The van der Waals surface area contributed by atoms with E-state index >= 15 is 0 Å². The molecule has 0 spiro atoms. The Morgan fingerprint density at radius 1 is 1.13 bits per heavy atom. The van der Waals surface area contributed by atoms with Crippen LogP contribution in [0.25, 0.3) is 0 Å². The number of hydrogen-bond acceptors (Lipinski definition) is 4. The first-order chi connectivity index (χ1) is 14.4. The summed E-state index contributed by atoms with van der Waals surface area (Å²) < 4.78 is 32.4. The van der Waals surface area contributed by atoms with E-state index in [1.54, 1.807) is 41.3 Å². The van der Waals surface area contributed by atoms with E-state index in [1.165, 1.54) is 23.5 Å². The molecule has 0 aromatic heterocycles. The molecule has 0 unspecified atom stereocenters. The van der Waals surface area contributed by atoms with Gasteiger partial charge in [0.2, 0.25) is 0 Å². The van der Waals surface area contributed by atoms with Crippen LogP contribution in [0, 0.1) is 18.3 Å². The molecular weight excluding hydrogens is 400 g/mol. The molecule has 6 nitrogen and oxygen atoms in total. The molecule has 2 aromatic carbocycles. The first-order valence-electron chi connectivity index (χ1n) is 9.88. The Hall–Kier alpha value is -2.82. The van der Waals surface area contributed by atoms with Crippen molar-refractivity contribution in [1.29, 1.82) is 0 Å². The standard InChI is InChI=1S/C23H26N2O4S/c1-3-17-29-18-19-13-15-25(16-14-19)23(26)20-9-11-22(12-10-20)30(27,28)24(2)21-7-5-4-6-8-21/h1,4-12,19H,13-18H2,2H3. The van der Waals surface area contributed by atoms with Gasteiger partial charge in [0.25, 0.3) is 15.9 Å². The molecule has 0 N–H and O–H groups in total. The van der Waals surface area contributed by atoms with E-state index in [0.717, 1.165) is 12.8 Å². The zero-order valence-electron chi connectivity index (χ0n) is 17.0. The zero-order valence-corrected chi connectivity index (χ0v) is 17.8. The Morgan fingerprint density at radius 3 is 2.37 bits per heavy atom. The summed E-state index contributed by atoms with van der Waals surface area (Å²) in [5, 5.41) is 0. The van der Waals surface area contributed by atoms with Crippen LogP contribution in [0.4, 0.5) is 5.69 Å². The summed E-state index contributed by atoms with van der Waals surface area (Å²) in [5.41, 5.74) is 1.06. The molecule has 0 bridgehead atoms. The second-order valence-corrected chi connectivity index (χ2v) is 9.26. The molecule has 0 saturated carbocycles. The maximum absolute atomic E-state index is 12.9. The normalized spacial score (nSPS) is 14.9. The van der Waals surface area contributed by atoms with Crippen molar-refractivity contribution in [3.05, 3.63) is 60.2 Å². The third-order valence-electron chi connectivity index (χ3n) is 5.32. The molecule has 0 atom stereocenters. The number of nitrogens with zero attached hydrogens (tertiary/aromatic N) is 2. The molecule has 1 fully saturated rings. The van der Waals surface area contributed by atoms with E-state index in [2.05, 4.69) is 5.92 Å². The fraction of sp³-hybridized carbons (Fsp3) is 0.348. The SMILES string of the molecule is C#CCOCC1CCN(C(=O)c2ccc(S(=O)(=O)N(C)c3ccccc3)cc2)CC1. The molecule has 1 saturated heterocycles. The van der Waals surface area contributed by atoms with Gasteiger partial charge in [-0.3, -0.25) is 9.10 Å². The fourth-order valence-corrected chi connectivity index (χ4v) is 4.67. The molecule has 30 heavy (non-hydrogen) atoms. The molecule has 1 aliphatic heterocycles. The van der Waals surface area contributed by atoms with Gasteiger partial charge in [-0.15, -0.1) is 6.42 Å². The van der Waals surface area contributed by atoms with Gasteiger partial charge >= 0.3 is 0 Å². The van der Waals surface area contributed by atoms with Crippen molar-refractivity contribution in [2.45, 2.75) is 17.7 Å². The summed E-state index contributed by atoms with van der Waals surface area (Å²) in [5.74, 6) is 2.78. The third kappa shape index (κ3) is 5.02. The Balaban J connectivity index is 1.63. The number of rotatable bonds is 7. The lowest BCUT2D eigenvalue weighted by Gasteiger charge is -2.32. The van der Waals surface area contributed by atoms with E-state index in [0.29, 0.717) is 43.5 Å². The van der Waals surface area contributed by atoms with Crippen LogP contribution in [0.15, 0.2) is 59.5 Å². The summed E-state index contributed by atoms with van der Waals surface area (Å²) in [6, 6.07) is 15.0. The first-order valence-corrected chi connectivity index (χ1v) is 11.3. The van der Waals surface area contributed by atoms with Crippen LogP contribution in [0.3, 0.4) is 0 Å². The fourth-order valence-electron chi connectivity index (χ4n) is 3.47. The largest absolute Gasteiger partial charge is 0.369 e. The summed E-state index contributed by atoms with van der Waals surface area (Å²) in [6.45, 7) is 2.24. The molecule has 0 radical (unpaired) electrons. The van der Waals surface area contributed by atoms with E-state index in [1.807, 2.05) is 6.07 Å². The maximum atomic E-state index is 12.9. The molecule has 0 aliphatic carbocycles. The van der Waals surface area contributed by atoms with E-state index in [9.17, 15) is 13.2 Å². The Bertz CT molecular complexity index is 990. The Kier molecular flexibility index (Phi) is 7.14. The second-order valence-electron chi connectivity index (χ2n) is 7.29. The highest BCUT2D eigenvalue weighted by atomic mass is 32.2. The average Bonchev–Trinajstić information content (AvgIpc) is 2.79. The number of carbonyl (C=O) groups excluding carboxylic acids is 1. The zero-order chi connectivity index (χ0) is 21.6. The number of amides is 1. The molecule has 7 heteroatoms. The molecule has 2 aromatic rings. The van der Waals surface area contributed by atoms with Crippen molar-refractivity contribution < 1.29 is 17.9 Å². The number of piperidine rings is 1. The van der Waals surface area contributed by atoms with Gasteiger partial charge in [-0.2, -0.15) is 0 Å². The van der Waals surface area contributed by atoms with Crippen LogP contribution in [0.1, 0.15) is 23.2 Å². The lowest BCUT2D eigenvalue weighted by Crippen LogP contribution is -2.39. The van der Waals surface area contributed by atoms with Crippen LogP contribution in [-0.4, -0.2) is 52.6 Å². The third-order valence-corrected chi connectivity index (χ3v) is 7.12. The molecule has 1 aliphatic rings. The van der Waals surface area contributed by atoms with Gasteiger partial charge in [0, 0.05) is 25.7 Å². The smallest absolute Gasteiger partial charge is 0.264 e. The van der Waals surface area contributed by atoms with Crippen molar-refractivity contribution in [2.75, 3.05) is 37.7 Å². The van der Waals surface area contributed by atoms with Gasteiger partial charge in [0.05, 0.1) is 17.2 Å². The number of hydrogen-bond donors (Lipinski definition) is 0. The molecule has 1 heterocycles. The summed E-state index contributed by atoms with van der Waals surface area (Å²) in [7, 11) is -2.18. The van der Waals surface area contributed by atoms with Gasteiger partial charge in [-0.1, -0.05) is 24.1 Å². The average molecular weight is 427 g/mol. The first kappa shape index (κ1) is 21.9. The van der Waals surface area contributed by atoms with Gasteiger partial charge < -0.3 is 9.64 Å². The van der Waals surface area contributed by atoms with Gasteiger partial charge in [0.15, 0.2) is 0 Å². The highest BCUT2D eigenvalue weighted by Crippen LogP contribution is 2.23. The monoisotopic (exact) mass is 426 g/mol. The van der Waals surface area contributed by atoms with Crippen LogP contribution < -0.4 is 4.31 Å². The molecule has 3 rings (SSSR count). The predicted molar refractivity (Wildman–Crippen MR) is 117 cm³/mol. The van der Waals surface area contributed by atoms with E-state index < -0.39 is 10.0 Å². The lowest BCUT2D eigenvalue weighted by atomic mass is 9.97.